The molecule has 0 amide bonds. The average molecular weight is 382 g/mol. The predicted octanol–water partition coefficient (Wildman–Crippen LogP) is 4.08. The van der Waals surface area contributed by atoms with Gasteiger partial charge >= 0.3 is 5.97 Å². The van der Waals surface area contributed by atoms with Gasteiger partial charge in [-0.15, -0.1) is 0 Å². The Morgan fingerprint density at radius 1 is 1.15 bits per heavy atom. The average Bonchev–Trinajstić information content (AvgIpc) is 3.12. The number of rotatable bonds is 4. The number of hydrogen-bond acceptors (Lipinski definition) is 5. The van der Waals surface area contributed by atoms with E-state index in [4.69, 9.17) is 21.1 Å². The fourth-order valence-corrected chi connectivity index (χ4v) is 3.31. The Kier molecular flexibility index (Phi) is 4.41. The molecule has 2 aromatic heterocycles. The Labute approximate surface area is 160 Å². The number of ether oxygens (including phenoxy) is 2. The van der Waals surface area contributed by atoms with Crippen LogP contribution in [0.2, 0.25) is 5.02 Å². The van der Waals surface area contributed by atoms with Crippen molar-refractivity contribution in [1.29, 1.82) is 0 Å². The van der Waals surface area contributed by atoms with E-state index in [0.717, 1.165) is 16.5 Å². The first kappa shape index (κ1) is 17.3. The molecule has 2 aromatic carbocycles. The maximum atomic E-state index is 12.2. The van der Waals surface area contributed by atoms with Crippen molar-refractivity contribution in [3.8, 4) is 5.88 Å². The molecule has 6 nitrogen and oxygen atoms in total. The quantitative estimate of drug-likeness (QED) is 0.498. The van der Waals surface area contributed by atoms with Gasteiger partial charge in [-0.05, 0) is 35.9 Å². The van der Waals surface area contributed by atoms with Crippen LogP contribution in [0.25, 0.3) is 21.8 Å². The lowest BCUT2D eigenvalue weighted by Crippen LogP contribution is -2.08. The van der Waals surface area contributed by atoms with Crippen LogP contribution in [-0.4, -0.2) is 35.0 Å². The molecule has 2 heterocycles. The number of pyridine rings is 1. The third-order valence-electron chi connectivity index (χ3n) is 4.42. The number of halogens is 1. The second-order valence-corrected chi connectivity index (χ2v) is 6.44. The maximum absolute atomic E-state index is 12.2. The molecule has 0 atom stereocenters. The van der Waals surface area contributed by atoms with E-state index in [1.165, 1.54) is 7.11 Å². The van der Waals surface area contributed by atoms with Gasteiger partial charge in [0.15, 0.2) is 0 Å². The minimum Gasteiger partial charge on any atom is -0.481 e. The van der Waals surface area contributed by atoms with Gasteiger partial charge in [0.1, 0.15) is 0 Å². The molecule has 0 N–H and O–H groups in total. The van der Waals surface area contributed by atoms with Gasteiger partial charge in [0.25, 0.3) is 0 Å². The number of esters is 1. The molecule has 27 heavy (non-hydrogen) atoms. The zero-order valence-electron chi connectivity index (χ0n) is 14.8. The topological polar surface area (TPSA) is 66.2 Å². The van der Waals surface area contributed by atoms with Gasteiger partial charge in [0, 0.05) is 16.8 Å². The molecule has 0 saturated carbocycles. The monoisotopic (exact) mass is 381 g/mol. The first-order chi connectivity index (χ1) is 13.1. The number of carbonyl (C=O) groups is 1. The van der Waals surface area contributed by atoms with Crippen LogP contribution >= 0.6 is 11.6 Å². The van der Waals surface area contributed by atoms with Gasteiger partial charge in [-0.3, -0.25) is 4.68 Å². The first-order valence-electron chi connectivity index (χ1n) is 8.26. The van der Waals surface area contributed by atoms with Gasteiger partial charge in [0.2, 0.25) is 5.88 Å². The van der Waals surface area contributed by atoms with Crippen molar-refractivity contribution in [3.63, 3.8) is 0 Å². The van der Waals surface area contributed by atoms with E-state index >= 15 is 0 Å². The summed E-state index contributed by atoms with van der Waals surface area (Å²) in [5.74, 6) is 0.152. The molecule has 0 fully saturated rings. The van der Waals surface area contributed by atoms with Crippen molar-refractivity contribution in [2.75, 3.05) is 14.2 Å². The SMILES string of the molecule is COC(=O)c1ccc(Cl)c2cnn(Cc3ccc4nc(OC)ccc4c3)c12. The van der Waals surface area contributed by atoms with Crippen molar-refractivity contribution >= 4 is 39.4 Å². The van der Waals surface area contributed by atoms with E-state index in [0.29, 0.717) is 33.9 Å². The van der Waals surface area contributed by atoms with Crippen molar-refractivity contribution < 1.29 is 14.3 Å². The Morgan fingerprint density at radius 3 is 2.78 bits per heavy atom. The Bertz CT molecular complexity index is 1170. The number of carbonyl (C=O) groups excluding carboxylic acids is 1. The molecule has 0 saturated heterocycles. The summed E-state index contributed by atoms with van der Waals surface area (Å²) < 4.78 is 11.8. The van der Waals surface area contributed by atoms with Crippen molar-refractivity contribution in [1.82, 2.24) is 14.8 Å². The number of fused-ring (bicyclic) bond motifs is 2. The van der Waals surface area contributed by atoms with E-state index in [-0.39, 0.29) is 0 Å². The molecule has 4 aromatic rings. The first-order valence-corrected chi connectivity index (χ1v) is 8.64. The van der Waals surface area contributed by atoms with Crippen LogP contribution in [0.5, 0.6) is 5.88 Å². The molecule has 0 unspecified atom stereocenters. The second kappa shape index (κ2) is 6.89. The molecule has 0 aliphatic heterocycles. The zero-order valence-corrected chi connectivity index (χ0v) is 15.5. The molecule has 4 rings (SSSR count). The fraction of sp³-hybridized carbons (Fsp3) is 0.150. The van der Waals surface area contributed by atoms with Crippen molar-refractivity contribution in [2.45, 2.75) is 6.54 Å². The zero-order chi connectivity index (χ0) is 19.0. The van der Waals surface area contributed by atoms with Gasteiger partial charge in [-0.2, -0.15) is 5.10 Å². The van der Waals surface area contributed by atoms with Crippen LogP contribution in [0, 0.1) is 0 Å². The summed E-state index contributed by atoms with van der Waals surface area (Å²) in [7, 11) is 2.95. The van der Waals surface area contributed by atoms with E-state index in [1.54, 1.807) is 30.1 Å². The molecule has 0 aliphatic rings. The number of benzene rings is 2. The minimum absolute atomic E-state index is 0.423. The van der Waals surface area contributed by atoms with Crippen LogP contribution in [0.4, 0.5) is 0 Å². The number of aromatic nitrogens is 3. The van der Waals surface area contributed by atoms with E-state index in [1.807, 2.05) is 30.3 Å². The minimum atomic E-state index is -0.423. The van der Waals surface area contributed by atoms with Gasteiger partial charge < -0.3 is 9.47 Å². The lowest BCUT2D eigenvalue weighted by atomic mass is 10.1. The molecular formula is C20H16ClN3O3. The molecule has 0 radical (unpaired) electrons. The summed E-state index contributed by atoms with van der Waals surface area (Å²) in [6, 6.07) is 13.1. The van der Waals surface area contributed by atoms with Gasteiger partial charge in [-0.1, -0.05) is 17.7 Å². The lowest BCUT2D eigenvalue weighted by molar-refractivity contribution is 0.0602. The van der Waals surface area contributed by atoms with Crippen LogP contribution < -0.4 is 4.74 Å². The number of methoxy groups -OCH3 is 2. The molecule has 7 heteroatoms. The Hall–Kier alpha value is -3.12. The molecule has 0 spiro atoms. The number of nitrogens with zero attached hydrogens (tertiary/aromatic N) is 3. The van der Waals surface area contributed by atoms with E-state index in [9.17, 15) is 4.79 Å². The standard InChI is InChI=1S/C20H16ClN3O3/c1-26-18-8-4-13-9-12(3-7-17(13)23-18)11-24-19-14(20(25)27-2)5-6-16(21)15(19)10-22-24/h3-10H,11H2,1-2H3. The van der Waals surface area contributed by atoms with Crippen LogP contribution in [0.15, 0.2) is 48.7 Å². The van der Waals surface area contributed by atoms with Crippen LogP contribution in [0.3, 0.4) is 0 Å². The van der Waals surface area contributed by atoms with E-state index in [2.05, 4.69) is 10.1 Å². The summed E-state index contributed by atoms with van der Waals surface area (Å²) in [6.07, 6.45) is 1.66. The summed E-state index contributed by atoms with van der Waals surface area (Å²) >= 11 is 6.27. The van der Waals surface area contributed by atoms with Crippen molar-refractivity contribution in [2.24, 2.45) is 0 Å². The summed E-state index contributed by atoms with van der Waals surface area (Å²) in [5, 5.41) is 6.68. The molecular weight excluding hydrogens is 366 g/mol. The highest BCUT2D eigenvalue weighted by molar-refractivity contribution is 6.35. The summed E-state index contributed by atoms with van der Waals surface area (Å²) in [5.41, 5.74) is 2.96. The molecule has 0 aliphatic carbocycles. The summed E-state index contributed by atoms with van der Waals surface area (Å²) in [4.78, 5) is 16.6. The third kappa shape index (κ3) is 3.08. The van der Waals surface area contributed by atoms with Crippen LogP contribution in [-0.2, 0) is 11.3 Å². The van der Waals surface area contributed by atoms with E-state index < -0.39 is 5.97 Å². The van der Waals surface area contributed by atoms with Gasteiger partial charge in [0.05, 0.1) is 48.6 Å². The highest BCUT2D eigenvalue weighted by atomic mass is 35.5. The summed E-state index contributed by atoms with van der Waals surface area (Å²) in [6.45, 7) is 0.482. The largest absolute Gasteiger partial charge is 0.481 e. The second-order valence-electron chi connectivity index (χ2n) is 6.03. The highest BCUT2D eigenvalue weighted by Gasteiger charge is 2.17. The third-order valence-corrected chi connectivity index (χ3v) is 4.75. The van der Waals surface area contributed by atoms with Crippen LogP contribution in [0.1, 0.15) is 15.9 Å². The Morgan fingerprint density at radius 2 is 2.00 bits per heavy atom. The number of hydrogen-bond donors (Lipinski definition) is 0. The smallest absolute Gasteiger partial charge is 0.340 e. The van der Waals surface area contributed by atoms with Crippen molar-refractivity contribution in [3.05, 3.63) is 64.8 Å². The predicted molar refractivity (Wildman–Crippen MR) is 103 cm³/mol. The highest BCUT2D eigenvalue weighted by Crippen LogP contribution is 2.28. The van der Waals surface area contributed by atoms with Gasteiger partial charge in [-0.25, -0.2) is 9.78 Å². The fourth-order valence-electron chi connectivity index (χ4n) is 3.11. The Balaban J connectivity index is 1.78. The lowest BCUT2D eigenvalue weighted by Gasteiger charge is -2.09. The molecule has 0 bridgehead atoms. The molecule has 136 valence electrons. The normalized spacial score (nSPS) is 11.1. The maximum Gasteiger partial charge on any atom is 0.340 e.